The summed E-state index contributed by atoms with van der Waals surface area (Å²) >= 11 is 0. The van der Waals surface area contributed by atoms with Gasteiger partial charge >= 0.3 is 11.9 Å². The van der Waals surface area contributed by atoms with Crippen molar-refractivity contribution in [2.75, 3.05) is 19.8 Å². The van der Waals surface area contributed by atoms with Gasteiger partial charge < -0.3 is 14.2 Å². The van der Waals surface area contributed by atoms with Gasteiger partial charge in [0.1, 0.15) is 13.2 Å². The van der Waals surface area contributed by atoms with Crippen molar-refractivity contribution in [3.05, 3.63) is 47.5 Å². The van der Waals surface area contributed by atoms with Gasteiger partial charge in [0.05, 0.1) is 18.6 Å². The van der Waals surface area contributed by atoms with Crippen LogP contribution in [0, 0.1) is 5.41 Å². The van der Waals surface area contributed by atoms with Crippen molar-refractivity contribution in [2.45, 2.75) is 97.5 Å². The normalized spacial score (nSPS) is 18.9. The number of unbranched alkanes of at least 4 members (excludes halogenated alkanes) is 11. The summed E-state index contributed by atoms with van der Waals surface area (Å²) in [4.78, 5) is 24.0. The Kier molecular flexibility index (Phi) is 13.6. The fourth-order valence-electron chi connectivity index (χ4n) is 4.39. The molecule has 0 spiro atoms. The third-order valence-electron chi connectivity index (χ3n) is 6.47. The number of rotatable bonds is 18. The van der Waals surface area contributed by atoms with Crippen LogP contribution < -0.4 is 0 Å². The van der Waals surface area contributed by atoms with Crippen LogP contribution in [0.3, 0.4) is 0 Å². The predicted molar refractivity (Wildman–Crippen MR) is 135 cm³/mol. The highest BCUT2D eigenvalue weighted by molar-refractivity contribution is 5.92. The minimum Gasteiger partial charge on any atom is -0.465 e. The van der Waals surface area contributed by atoms with Crippen LogP contribution >= 0.6 is 0 Å². The molecule has 1 aliphatic heterocycles. The van der Waals surface area contributed by atoms with Gasteiger partial charge in [0.15, 0.2) is 0 Å². The number of allylic oxidation sites excluding steroid dienone is 1. The number of hydrogen-bond donors (Lipinski definition) is 0. The second-order valence-electron chi connectivity index (χ2n) is 9.56. The Morgan fingerprint density at radius 1 is 0.941 bits per heavy atom. The number of hydrogen-bond acceptors (Lipinski definition) is 5. The summed E-state index contributed by atoms with van der Waals surface area (Å²) in [5.41, 5.74) is 0.908. The van der Waals surface area contributed by atoms with Crippen LogP contribution in [0.1, 0.15) is 96.5 Å². The Bertz CT molecular complexity index is 742. The number of carbonyl (C=O) groups is 2. The molecule has 1 aromatic carbocycles. The summed E-state index contributed by atoms with van der Waals surface area (Å²) in [6, 6.07) is 9.89. The van der Waals surface area contributed by atoms with Crippen molar-refractivity contribution < 1.29 is 23.8 Å². The molecule has 0 aromatic heterocycles. The molecule has 1 fully saturated rings. The van der Waals surface area contributed by atoms with E-state index in [0.717, 1.165) is 24.8 Å². The van der Waals surface area contributed by atoms with Crippen LogP contribution in [0.5, 0.6) is 0 Å². The van der Waals surface area contributed by atoms with Crippen molar-refractivity contribution in [1.82, 2.24) is 0 Å². The maximum Gasteiger partial charge on any atom is 0.334 e. The molecule has 5 nitrogen and oxygen atoms in total. The summed E-state index contributed by atoms with van der Waals surface area (Å²) in [5, 5.41) is 0. The van der Waals surface area contributed by atoms with Crippen molar-refractivity contribution in [2.24, 2.45) is 5.41 Å². The van der Waals surface area contributed by atoms with Crippen molar-refractivity contribution in [3.63, 3.8) is 0 Å². The molecule has 0 N–H and O–H groups in total. The average molecular weight is 473 g/mol. The van der Waals surface area contributed by atoms with Gasteiger partial charge in [0, 0.05) is 12.5 Å². The first-order valence-corrected chi connectivity index (χ1v) is 13.2. The van der Waals surface area contributed by atoms with E-state index < -0.39 is 5.41 Å². The van der Waals surface area contributed by atoms with Gasteiger partial charge in [-0.3, -0.25) is 4.79 Å². The Balaban J connectivity index is 1.78. The van der Waals surface area contributed by atoms with Crippen LogP contribution in [0.15, 0.2) is 42.0 Å². The molecule has 0 radical (unpaired) electrons. The molecule has 0 amide bonds. The maximum atomic E-state index is 12.5. The van der Waals surface area contributed by atoms with E-state index in [1.165, 1.54) is 64.7 Å². The Morgan fingerprint density at radius 2 is 1.56 bits per heavy atom. The van der Waals surface area contributed by atoms with Crippen LogP contribution in [-0.4, -0.2) is 31.8 Å². The molecule has 1 unspecified atom stereocenters. The maximum absolute atomic E-state index is 12.5. The van der Waals surface area contributed by atoms with E-state index in [2.05, 4.69) is 6.92 Å². The van der Waals surface area contributed by atoms with E-state index in [9.17, 15) is 9.59 Å². The minimum absolute atomic E-state index is 0.0902. The summed E-state index contributed by atoms with van der Waals surface area (Å²) < 4.78 is 16.7. The Morgan fingerprint density at radius 3 is 2.18 bits per heavy atom. The zero-order valence-electron chi connectivity index (χ0n) is 21.3. The van der Waals surface area contributed by atoms with Crippen molar-refractivity contribution in [3.8, 4) is 0 Å². The van der Waals surface area contributed by atoms with E-state index in [4.69, 9.17) is 14.2 Å². The van der Waals surface area contributed by atoms with Crippen LogP contribution in [0.4, 0.5) is 0 Å². The molecule has 1 aliphatic rings. The molecule has 1 saturated heterocycles. The standard InChI is InChI=1S/C29H44O5/c1-3-4-5-6-7-8-9-10-11-12-13-17-20-27-28(31)34-24-29(27,23-33-25(2)30)22-32-21-26-18-15-14-16-19-26/h14-16,18-20H,3-13,17,21-24H2,1-2H3/b27-20+. The lowest BCUT2D eigenvalue weighted by atomic mass is 9.83. The zero-order valence-corrected chi connectivity index (χ0v) is 21.3. The zero-order chi connectivity index (χ0) is 24.5. The Labute approximate surface area is 206 Å². The highest BCUT2D eigenvalue weighted by Crippen LogP contribution is 2.37. The minimum atomic E-state index is -0.741. The molecular weight excluding hydrogens is 428 g/mol. The first-order valence-electron chi connectivity index (χ1n) is 13.2. The van der Waals surface area contributed by atoms with E-state index in [-0.39, 0.29) is 31.8 Å². The summed E-state index contributed by atoms with van der Waals surface area (Å²) in [6.07, 6.45) is 17.0. The van der Waals surface area contributed by atoms with E-state index in [1.54, 1.807) is 0 Å². The van der Waals surface area contributed by atoms with Crippen LogP contribution in [0.25, 0.3) is 0 Å². The summed E-state index contributed by atoms with van der Waals surface area (Å²) in [6.45, 7) is 4.61. The SMILES string of the molecule is CCCCCCCCCCCCC/C=C1\C(=O)OCC1(COCc1ccccc1)COC(C)=O. The quantitative estimate of drug-likeness (QED) is 0.132. The molecule has 190 valence electrons. The lowest BCUT2D eigenvalue weighted by Crippen LogP contribution is -2.35. The molecule has 1 aromatic rings. The average Bonchev–Trinajstić information content (AvgIpc) is 3.14. The number of carbonyl (C=O) groups excluding carboxylic acids is 2. The van der Waals surface area contributed by atoms with Gasteiger partial charge in [0.2, 0.25) is 0 Å². The topological polar surface area (TPSA) is 61.8 Å². The van der Waals surface area contributed by atoms with Crippen LogP contribution in [0.2, 0.25) is 0 Å². The monoisotopic (exact) mass is 472 g/mol. The van der Waals surface area contributed by atoms with Crippen LogP contribution in [-0.2, 0) is 30.4 Å². The number of esters is 2. The third-order valence-corrected chi connectivity index (χ3v) is 6.47. The van der Waals surface area contributed by atoms with E-state index in [0.29, 0.717) is 12.2 Å². The lowest BCUT2D eigenvalue weighted by Gasteiger charge is -2.26. The fourth-order valence-corrected chi connectivity index (χ4v) is 4.39. The van der Waals surface area contributed by atoms with Gasteiger partial charge in [-0.25, -0.2) is 4.79 Å². The molecule has 0 bridgehead atoms. The molecule has 5 heteroatoms. The van der Waals surface area contributed by atoms with Gasteiger partial charge in [-0.1, -0.05) is 108 Å². The van der Waals surface area contributed by atoms with E-state index >= 15 is 0 Å². The fraction of sp³-hybridized carbons (Fsp3) is 0.655. The molecule has 1 atom stereocenters. The van der Waals surface area contributed by atoms with E-state index in [1.807, 2.05) is 36.4 Å². The van der Waals surface area contributed by atoms with Gasteiger partial charge in [-0.05, 0) is 18.4 Å². The molecule has 1 heterocycles. The highest BCUT2D eigenvalue weighted by atomic mass is 16.6. The predicted octanol–water partition coefficient (Wildman–Crippen LogP) is 6.94. The number of ether oxygens (including phenoxy) is 3. The van der Waals surface area contributed by atoms with Crippen molar-refractivity contribution >= 4 is 11.9 Å². The largest absolute Gasteiger partial charge is 0.465 e. The summed E-state index contributed by atoms with van der Waals surface area (Å²) in [5.74, 6) is -0.690. The molecule has 2 rings (SSSR count). The second kappa shape index (κ2) is 16.5. The third kappa shape index (κ3) is 10.4. The molecular formula is C29H44O5. The van der Waals surface area contributed by atoms with Gasteiger partial charge in [0.25, 0.3) is 0 Å². The molecule has 0 aliphatic carbocycles. The molecule has 0 saturated carbocycles. The summed E-state index contributed by atoms with van der Waals surface area (Å²) in [7, 11) is 0. The Hall–Kier alpha value is -2.14. The highest BCUT2D eigenvalue weighted by Gasteiger charge is 2.47. The molecule has 34 heavy (non-hydrogen) atoms. The second-order valence-corrected chi connectivity index (χ2v) is 9.56. The smallest absolute Gasteiger partial charge is 0.334 e. The number of benzene rings is 1. The first-order chi connectivity index (χ1) is 16.6. The van der Waals surface area contributed by atoms with Gasteiger partial charge in [-0.15, -0.1) is 0 Å². The number of cyclic esters (lactones) is 1. The van der Waals surface area contributed by atoms with Gasteiger partial charge in [-0.2, -0.15) is 0 Å². The lowest BCUT2D eigenvalue weighted by molar-refractivity contribution is -0.145. The van der Waals surface area contributed by atoms with Crippen molar-refractivity contribution in [1.29, 1.82) is 0 Å². The first kappa shape index (κ1) is 28.1.